The summed E-state index contributed by atoms with van der Waals surface area (Å²) in [7, 11) is 5.56. The number of rotatable bonds is 4. The predicted octanol–water partition coefficient (Wildman–Crippen LogP) is 2.21. The molecule has 0 saturated carbocycles. The van der Waals surface area contributed by atoms with Gasteiger partial charge in [-0.25, -0.2) is 0 Å². The third-order valence-corrected chi connectivity index (χ3v) is 4.16. The van der Waals surface area contributed by atoms with Crippen molar-refractivity contribution in [2.75, 3.05) is 47.4 Å². The summed E-state index contributed by atoms with van der Waals surface area (Å²) in [4.78, 5) is 4.81. The molecule has 19 heavy (non-hydrogen) atoms. The zero-order valence-corrected chi connectivity index (χ0v) is 13.4. The topological polar surface area (TPSA) is 24.9 Å². The van der Waals surface area contributed by atoms with Crippen LogP contribution in [0.3, 0.4) is 0 Å². The molecular weight excluding hydrogens is 308 g/mol. The molecule has 4 nitrogen and oxygen atoms in total. The maximum Gasteiger partial charge on any atom is 0.133 e. The number of piperazine rings is 1. The van der Waals surface area contributed by atoms with E-state index in [4.69, 9.17) is 9.47 Å². The number of benzene rings is 1. The van der Waals surface area contributed by atoms with Crippen molar-refractivity contribution in [3.05, 3.63) is 22.2 Å². The first-order valence-electron chi connectivity index (χ1n) is 6.45. The Kier molecular flexibility index (Phi) is 5.07. The maximum atomic E-state index is 5.47. The molecule has 2 rings (SSSR count). The summed E-state index contributed by atoms with van der Waals surface area (Å²) in [5.41, 5.74) is 1.17. The van der Waals surface area contributed by atoms with Crippen LogP contribution in [0, 0.1) is 0 Å². The van der Waals surface area contributed by atoms with Crippen LogP contribution < -0.4 is 9.47 Å². The summed E-state index contributed by atoms with van der Waals surface area (Å²) in [5.74, 6) is 1.76. The van der Waals surface area contributed by atoms with E-state index in [1.54, 1.807) is 14.2 Å². The van der Waals surface area contributed by atoms with Gasteiger partial charge in [0.25, 0.3) is 0 Å². The normalized spacial score (nSPS) is 17.5. The molecule has 0 atom stereocenters. The lowest BCUT2D eigenvalue weighted by Gasteiger charge is -2.32. The fraction of sp³-hybridized carbons (Fsp3) is 0.571. The number of ether oxygens (including phenoxy) is 2. The number of likely N-dealkylation sites (N-methyl/N-ethyl adjacent to an activating group) is 1. The summed E-state index contributed by atoms with van der Waals surface area (Å²) in [6.07, 6.45) is 0. The van der Waals surface area contributed by atoms with Crippen LogP contribution >= 0.6 is 15.9 Å². The monoisotopic (exact) mass is 328 g/mol. The van der Waals surface area contributed by atoms with Crippen molar-refractivity contribution < 1.29 is 9.47 Å². The predicted molar refractivity (Wildman–Crippen MR) is 80.0 cm³/mol. The van der Waals surface area contributed by atoms with Crippen LogP contribution in [0.15, 0.2) is 16.6 Å². The van der Waals surface area contributed by atoms with Crippen molar-refractivity contribution in [2.24, 2.45) is 0 Å². The second kappa shape index (κ2) is 6.59. The minimum Gasteiger partial charge on any atom is -0.496 e. The molecule has 106 valence electrons. The Hall–Kier alpha value is -0.780. The van der Waals surface area contributed by atoms with Gasteiger partial charge in [-0.3, -0.25) is 4.90 Å². The quantitative estimate of drug-likeness (QED) is 0.846. The van der Waals surface area contributed by atoms with Crippen LogP contribution in [0.1, 0.15) is 5.56 Å². The van der Waals surface area contributed by atoms with Gasteiger partial charge in [0, 0.05) is 38.3 Å². The van der Waals surface area contributed by atoms with E-state index in [-0.39, 0.29) is 0 Å². The lowest BCUT2D eigenvalue weighted by atomic mass is 10.1. The SMILES string of the molecule is COc1cc(CN2CCN(C)CC2)c(OC)cc1Br. The maximum absolute atomic E-state index is 5.47. The largest absolute Gasteiger partial charge is 0.496 e. The van der Waals surface area contributed by atoms with E-state index in [9.17, 15) is 0 Å². The Morgan fingerprint density at radius 3 is 2.26 bits per heavy atom. The van der Waals surface area contributed by atoms with Crippen molar-refractivity contribution in [3.8, 4) is 11.5 Å². The molecule has 1 aromatic rings. The summed E-state index contributed by atoms with van der Waals surface area (Å²) in [6, 6.07) is 4.03. The van der Waals surface area contributed by atoms with Gasteiger partial charge in [0.05, 0.1) is 18.7 Å². The molecule has 0 radical (unpaired) electrons. The van der Waals surface area contributed by atoms with Crippen LogP contribution in [0.2, 0.25) is 0 Å². The zero-order valence-electron chi connectivity index (χ0n) is 11.8. The fourth-order valence-electron chi connectivity index (χ4n) is 2.29. The molecule has 1 aliphatic rings. The molecular formula is C14H21BrN2O2. The van der Waals surface area contributed by atoms with Crippen molar-refractivity contribution in [1.29, 1.82) is 0 Å². The second-order valence-corrected chi connectivity index (χ2v) is 5.73. The van der Waals surface area contributed by atoms with Gasteiger partial charge in [-0.05, 0) is 35.1 Å². The summed E-state index contributed by atoms with van der Waals surface area (Å²) < 4.78 is 11.8. The molecule has 0 bridgehead atoms. The molecule has 0 unspecified atom stereocenters. The summed E-state index contributed by atoms with van der Waals surface area (Å²) in [6.45, 7) is 5.34. The van der Waals surface area contributed by atoms with E-state index in [2.05, 4.69) is 38.8 Å². The van der Waals surface area contributed by atoms with Crippen molar-refractivity contribution >= 4 is 15.9 Å². The van der Waals surface area contributed by atoms with Gasteiger partial charge >= 0.3 is 0 Å². The molecule has 0 aromatic heterocycles. The van der Waals surface area contributed by atoms with Gasteiger partial charge < -0.3 is 14.4 Å². The Balaban J connectivity index is 2.14. The Bertz CT molecular complexity index is 432. The first-order valence-corrected chi connectivity index (χ1v) is 7.24. The smallest absolute Gasteiger partial charge is 0.133 e. The Morgan fingerprint density at radius 2 is 1.68 bits per heavy atom. The van der Waals surface area contributed by atoms with E-state index < -0.39 is 0 Å². The van der Waals surface area contributed by atoms with Crippen molar-refractivity contribution in [3.63, 3.8) is 0 Å². The standard InChI is InChI=1S/C14H21BrN2O2/c1-16-4-6-17(7-5-16)10-11-8-14(19-3)12(15)9-13(11)18-2/h8-9H,4-7,10H2,1-3H3. The molecule has 1 saturated heterocycles. The van der Waals surface area contributed by atoms with Gasteiger partial charge in [-0.15, -0.1) is 0 Å². The highest BCUT2D eigenvalue weighted by Gasteiger charge is 2.17. The molecule has 1 aromatic carbocycles. The van der Waals surface area contributed by atoms with Crippen LogP contribution in [0.5, 0.6) is 11.5 Å². The Labute approximate surface area is 123 Å². The Morgan fingerprint density at radius 1 is 1.05 bits per heavy atom. The number of hydrogen-bond acceptors (Lipinski definition) is 4. The molecule has 0 spiro atoms. The van der Waals surface area contributed by atoms with Gasteiger partial charge in [-0.1, -0.05) is 0 Å². The summed E-state index contributed by atoms with van der Waals surface area (Å²) in [5, 5.41) is 0. The van der Waals surface area contributed by atoms with Gasteiger partial charge in [0.2, 0.25) is 0 Å². The van der Waals surface area contributed by atoms with E-state index in [1.165, 1.54) is 5.56 Å². The average Bonchev–Trinajstić information content (AvgIpc) is 2.42. The molecule has 0 N–H and O–H groups in total. The second-order valence-electron chi connectivity index (χ2n) is 4.88. The first kappa shape index (κ1) is 14.6. The van der Waals surface area contributed by atoms with E-state index in [0.29, 0.717) is 0 Å². The summed E-state index contributed by atoms with van der Waals surface area (Å²) >= 11 is 3.49. The lowest BCUT2D eigenvalue weighted by Crippen LogP contribution is -2.43. The highest BCUT2D eigenvalue weighted by Crippen LogP contribution is 2.33. The van der Waals surface area contributed by atoms with Crippen LogP contribution in [-0.2, 0) is 6.54 Å². The van der Waals surface area contributed by atoms with Crippen molar-refractivity contribution in [1.82, 2.24) is 9.80 Å². The van der Waals surface area contributed by atoms with Gasteiger partial charge in [-0.2, -0.15) is 0 Å². The molecule has 0 aliphatic carbocycles. The van der Waals surface area contributed by atoms with Crippen LogP contribution in [0.25, 0.3) is 0 Å². The van der Waals surface area contributed by atoms with Gasteiger partial charge in [0.15, 0.2) is 0 Å². The molecule has 1 heterocycles. The molecule has 0 amide bonds. The zero-order chi connectivity index (χ0) is 13.8. The third kappa shape index (κ3) is 3.61. The highest BCUT2D eigenvalue weighted by molar-refractivity contribution is 9.10. The first-order chi connectivity index (χ1) is 9.13. The minimum atomic E-state index is 0.852. The molecule has 1 aliphatic heterocycles. The number of halogens is 1. The lowest BCUT2D eigenvalue weighted by molar-refractivity contribution is 0.147. The number of methoxy groups -OCH3 is 2. The van der Waals surface area contributed by atoms with E-state index in [0.717, 1.165) is 48.7 Å². The molecule has 5 heteroatoms. The van der Waals surface area contributed by atoms with E-state index >= 15 is 0 Å². The number of hydrogen-bond donors (Lipinski definition) is 0. The highest BCUT2D eigenvalue weighted by atomic mass is 79.9. The van der Waals surface area contributed by atoms with Crippen LogP contribution in [0.4, 0.5) is 0 Å². The molecule has 1 fully saturated rings. The fourth-order valence-corrected chi connectivity index (χ4v) is 2.78. The van der Waals surface area contributed by atoms with Crippen LogP contribution in [-0.4, -0.2) is 57.2 Å². The van der Waals surface area contributed by atoms with Crippen molar-refractivity contribution in [2.45, 2.75) is 6.54 Å². The third-order valence-electron chi connectivity index (χ3n) is 3.54. The number of nitrogens with zero attached hydrogens (tertiary/aromatic N) is 2. The van der Waals surface area contributed by atoms with E-state index in [1.807, 2.05) is 6.07 Å². The average molecular weight is 329 g/mol. The minimum absolute atomic E-state index is 0.852. The van der Waals surface area contributed by atoms with Gasteiger partial charge in [0.1, 0.15) is 11.5 Å².